The van der Waals surface area contributed by atoms with E-state index >= 15 is 0 Å². The zero-order valence-corrected chi connectivity index (χ0v) is 15.8. The van der Waals surface area contributed by atoms with Crippen LogP contribution in [0.3, 0.4) is 0 Å². The summed E-state index contributed by atoms with van der Waals surface area (Å²) in [5.74, 6) is 0.402. The molecular weight excluding hydrogens is 334 g/mol. The summed E-state index contributed by atoms with van der Waals surface area (Å²) in [5.41, 5.74) is 2.73. The number of anilines is 1. The molecule has 1 atom stereocenters. The first-order valence-corrected chi connectivity index (χ1v) is 10.2. The summed E-state index contributed by atoms with van der Waals surface area (Å²) >= 11 is 0. The Balaban J connectivity index is 1.38. The second kappa shape index (κ2) is 6.66. The maximum absolute atomic E-state index is 13.2. The van der Waals surface area contributed by atoms with Crippen molar-refractivity contribution in [1.82, 2.24) is 9.88 Å². The van der Waals surface area contributed by atoms with Crippen LogP contribution in [0.25, 0.3) is 0 Å². The fraction of sp³-hybridized carbons (Fsp3) is 0.478. The molecule has 1 aromatic heterocycles. The highest BCUT2D eigenvalue weighted by Gasteiger charge is 2.49. The van der Waals surface area contributed by atoms with Crippen LogP contribution in [0, 0.1) is 5.41 Å². The zero-order valence-electron chi connectivity index (χ0n) is 15.8. The first-order valence-electron chi connectivity index (χ1n) is 10.2. The van der Waals surface area contributed by atoms with Crippen molar-refractivity contribution in [3.8, 4) is 0 Å². The van der Waals surface area contributed by atoms with Crippen molar-refractivity contribution in [2.45, 2.75) is 44.1 Å². The van der Waals surface area contributed by atoms with Crippen LogP contribution in [-0.4, -0.2) is 41.5 Å². The molecule has 1 aliphatic carbocycles. The number of rotatable bonds is 3. The molecule has 2 aromatic rings. The van der Waals surface area contributed by atoms with Crippen LogP contribution < -0.4 is 4.90 Å². The molecule has 27 heavy (non-hydrogen) atoms. The van der Waals surface area contributed by atoms with Crippen LogP contribution in [-0.2, 0) is 4.79 Å². The SMILES string of the molecule is O=C1[C@@H](c2ccccc2)CC2(CCN(c3ccncc3)CC2)CN1C1CC1. The van der Waals surface area contributed by atoms with Gasteiger partial charge in [0.2, 0.25) is 5.91 Å². The van der Waals surface area contributed by atoms with Crippen LogP contribution in [0.4, 0.5) is 5.69 Å². The minimum atomic E-state index is 0.0352. The highest BCUT2D eigenvalue weighted by atomic mass is 16.2. The minimum absolute atomic E-state index is 0.0352. The van der Waals surface area contributed by atoms with E-state index < -0.39 is 0 Å². The number of aromatic nitrogens is 1. The molecular formula is C23H27N3O. The monoisotopic (exact) mass is 361 g/mol. The smallest absolute Gasteiger partial charge is 0.230 e. The fourth-order valence-electron chi connectivity index (χ4n) is 5.02. The molecule has 3 heterocycles. The molecule has 3 fully saturated rings. The minimum Gasteiger partial charge on any atom is -0.371 e. The third-order valence-electron chi connectivity index (χ3n) is 6.77. The van der Waals surface area contributed by atoms with E-state index in [1.165, 1.54) is 24.1 Å². The molecule has 0 radical (unpaired) electrons. The number of hydrogen-bond donors (Lipinski definition) is 0. The molecule has 3 aliphatic rings. The van der Waals surface area contributed by atoms with Gasteiger partial charge in [-0.3, -0.25) is 9.78 Å². The summed E-state index contributed by atoms with van der Waals surface area (Å²) < 4.78 is 0. The topological polar surface area (TPSA) is 36.4 Å². The molecule has 1 aromatic carbocycles. The molecule has 0 unspecified atom stereocenters. The van der Waals surface area contributed by atoms with E-state index in [0.717, 1.165) is 38.9 Å². The Bertz CT molecular complexity index is 795. The van der Waals surface area contributed by atoms with Crippen molar-refractivity contribution in [2.24, 2.45) is 5.41 Å². The van der Waals surface area contributed by atoms with Gasteiger partial charge in [-0.1, -0.05) is 30.3 Å². The largest absolute Gasteiger partial charge is 0.371 e. The number of carbonyl (C=O) groups is 1. The van der Waals surface area contributed by atoms with E-state index in [0.29, 0.717) is 11.9 Å². The highest BCUT2D eigenvalue weighted by molar-refractivity contribution is 5.85. The average molecular weight is 361 g/mol. The van der Waals surface area contributed by atoms with Gasteiger partial charge in [-0.25, -0.2) is 0 Å². The van der Waals surface area contributed by atoms with Gasteiger partial charge >= 0.3 is 0 Å². The molecule has 1 amide bonds. The van der Waals surface area contributed by atoms with E-state index in [2.05, 4.69) is 51.2 Å². The summed E-state index contributed by atoms with van der Waals surface area (Å²) in [7, 11) is 0. The van der Waals surface area contributed by atoms with Gasteiger partial charge in [-0.15, -0.1) is 0 Å². The lowest BCUT2D eigenvalue weighted by Crippen LogP contribution is -2.54. The number of carbonyl (C=O) groups excluding carboxylic acids is 1. The molecule has 0 bridgehead atoms. The lowest BCUT2D eigenvalue weighted by atomic mass is 9.67. The molecule has 4 heteroatoms. The summed E-state index contributed by atoms with van der Waals surface area (Å²) in [6.07, 6.45) is 9.45. The number of likely N-dealkylation sites (tertiary alicyclic amines) is 1. The van der Waals surface area contributed by atoms with Gasteiger partial charge in [-0.05, 0) is 55.2 Å². The summed E-state index contributed by atoms with van der Waals surface area (Å²) in [5, 5.41) is 0. The Morgan fingerprint density at radius 3 is 2.33 bits per heavy atom. The van der Waals surface area contributed by atoms with Crippen molar-refractivity contribution >= 4 is 11.6 Å². The number of pyridine rings is 1. The van der Waals surface area contributed by atoms with Gasteiger partial charge in [0.1, 0.15) is 0 Å². The van der Waals surface area contributed by atoms with E-state index in [4.69, 9.17) is 0 Å². The summed E-state index contributed by atoms with van der Waals surface area (Å²) in [6, 6.07) is 15.2. The van der Waals surface area contributed by atoms with Crippen LogP contribution in [0.15, 0.2) is 54.9 Å². The van der Waals surface area contributed by atoms with Crippen LogP contribution in [0.2, 0.25) is 0 Å². The Morgan fingerprint density at radius 1 is 0.963 bits per heavy atom. The van der Waals surface area contributed by atoms with E-state index in [-0.39, 0.29) is 11.3 Å². The lowest BCUT2D eigenvalue weighted by molar-refractivity contribution is -0.141. The Morgan fingerprint density at radius 2 is 1.67 bits per heavy atom. The summed E-state index contributed by atoms with van der Waals surface area (Å²) in [6.45, 7) is 3.10. The molecule has 5 rings (SSSR count). The number of benzene rings is 1. The van der Waals surface area contributed by atoms with Gasteiger partial charge in [0, 0.05) is 43.8 Å². The maximum Gasteiger partial charge on any atom is 0.230 e. The van der Waals surface area contributed by atoms with Gasteiger partial charge < -0.3 is 9.80 Å². The van der Waals surface area contributed by atoms with Crippen molar-refractivity contribution in [1.29, 1.82) is 0 Å². The van der Waals surface area contributed by atoms with E-state index in [1.807, 2.05) is 18.5 Å². The first kappa shape index (κ1) is 16.8. The summed E-state index contributed by atoms with van der Waals surface area (Å²) in [4.78, 5) is 22.1. The van der Waals surface area contributed by atoms with Crippen molar-refractivity contribution in [3.63, 3.8) is 0 Å². The number of nitrogens with zero attached hydrogens (tertiary/aromatic N) is 3. The van der Waals surface area contributed by atoms with Crippen molar-refractivity contribution in [3.05, 3.63) is 60.4 Å². The first-order chi connectivity index (χ1) is 13.2. The highest BCUT2D eigenvalue weighted by Crippen LogP contribution is 2.48. The molecule has 4 nitrogen and oxygen atoms in total. The molecule has 2 saturated heterocycles. The van der Waals surface area contributed by atoms with E-state index in [1.54, 1.807) is 0 Å². The van der Waals surface area contributed by atoms with E-state index in [9.17, 15) is 4.79 Å². The molecule has 140 valence electrons. The quantitative estimate of drug-likeness (QED) is 0.833. The lowest BCUT2D eigenvalue weighted by Gasteiger charge is -2.50. The molecule has 0 N–H and O–H groups in total. The number of amides is 1. The van der Waals surface area contributed by atoms with Crippen LogP contribution in [0.1, 0.15) is 43.6 Å². The van der Waals surface area contributed by atoms with Gasteiger partial charge in [0.25, 0.3) is 0 Å². The normalized spacial score (nSPS) is 25.0. The van der Waals surface area contributed by atoms with Gasteiger partial charge in [0.15, 0.2) is 0 Å². The average Bonchev–Trinajstić information content (AvgIpc) is 3.57. The fourth-order valence-corrected chi connectivity index (χ4v) is 5.02. The molecule has 1 saturated carbocycles. The number of piperidine rings is 2. The molecule has 1 spiro atoms. The number of hydrogen-bond acceptors (Lipinski definition) is 3. The second-order valence-corrected chi connectivity index (χ2v) is 8.56. The van der Waals surface area contributed by atoms with Crippen molar-refractivity contribution < 1.29 is 4.79 Å². The molecule has 2 aliphatic heterocycles. The zero-order chi connectivity index (χ0) is 18.3. The van der Waals surface area contributed by atoms with Gasteiger partial charge in [-0.2, -0.15) is 0 Å². The third-order valence-corrected chi connectivity index (χ3v) is 6.77. The third kappa shape index (κ3) is 3.22. The van der Waals surface area contributed by atoms with Crippen LogP contribution in [0.5, 0.6) is 0 Å². The van der Waals surface area contributed by atoms with Crippen molar-refractivity contribution in [2.75, 3.05) is 24.5 Å². The van der Waals surface area contributed by atoms with Crippen LogP contribution >= 0.6 is 0 Å². The van der Waals surface area contributed by atoms with Gasteiger partial charge in [0.05, 0.1) is 5.92 Å². The second-order valence-electron chi connectivity index (χ2n) is 8.56. The Labute approximate surface area is 161 Å². The predicted molar refractivity (Wildman–Crippen MR) is 107 cm³/mol. The predicted octanol–water partition coefficient (Wildman–Crippen LogP) is 3.85. The standard InChI is InChI=1S/C23H27N3O/c27-22-21(18-4-2-1-3-5-18)16-23(17-26(22)20-6-7-20)10-14-25(15-11-23)19-8-12-24-13-9-19/h1-5,8-9,12-13,20-21H,6-7,10-11,14-17H2/t21-/m1/s1. The Kier molecular flexibility index (Phi) is 4.14. The maximum atomic E-state index is 13.2. The Hall–Kier alpha value is -2.36.